The molecule has 0 aromatic rings. The Balaban J connectivity index is 2.27. The molecule has 2 fully saturated rings. The molecular formula is C14H24N2O3. The van der Waals surface area contributed by atoms with Crippen LogP contribution in [0.25, 0.3) is 0 Å². The number of likely N-dealkylation sites (tertiary alicyclic amines) is 1. The highest BCUT2D eigenvalue weighted by Crippen LogP contribution is 2.37. The van der Waals surface area contributed by atoms with Gasteiger partial charge in [-0.1, -0.05) is 6.92 Å². The molecule has 0 bridgehead atoms. The van der Waals surface area contributed by atoms with Gasteiger partial charge < -0.3 is 15.3 Å². The quantitative estimate of drug-likeness (QED) is 0.808. The number of nitrogens with one attached hydrogen (secondary N) is 1. The molecule has 5 nitrogen and oxygen atoms in total. The molecule has 2 rings (SSSR count). The van der Waals surface area contributed by atoms with Gasteiger partial charge >= 0.3 is 5.97 Å². The van der Waals surface area contributed by atoms with Crippen LogP contribution in [0.5, 0.6) is 0 Å². The molecule has 19 heavy (non-hydrogen) atoms. The number of hydrogen-bond donors (Lipinski definition) is 2. The maximum Gasteiger partial charge on any atom is 0.329 e. The van der Waals surface area contributed by atoms with Gasteiger partial charge in [-0.2, -0.15) is 0 Å². The largest absolute Gasteiger partial charge is 0.480 e. The van der Waals surface area contributed by atoms with Crippen LogP contribution in [0.2, 0.25) is 0 Å². The van der Waals surface area contributed by atoms with Crippen LogP contribution < -0.4 is 5.32 Å². The first-order valence-electron chi connectivity index (χ1n) is 7.22. The van der Waals surface area contributed by atoms with Gasteiger partial charge in [0.1, 0.15) is 5.54 Å². The van der Waals surface area contributed by atoms with Crippen LogP contribution in [0.15, 0.2) is 0 Å². The smallest absolute Gasteiger partial charge is 0.329 e. The van der Waals surface area contributed by atoms with Crippen LogP contribution in [0.1, 0.15) is 46.0 Å². The van der Waals surface area contributed by atoms with E-state index in [-0.39, 0.29) is 5.91 Å². The second kappa shape index (κ2) is 5.12. The Morgan fingerprint density at radius 2 is 2.05 bits per heavy atom. The minimum absolute atomic E-state index is 0.0320. The van der Waals surface area contributed by atoms with E-state index in [0.29, 0.717) is 19.5 Å². The lowest BCUT2D eigenvalue weighted by atomic mass is 9.79. The van der Waals surface area contributed by atoms with Crippen molar-refractivity contribution in [3.8, 4) is 0 Å². The SMILES string of the molecule is CCC1(C(=O)N2CCCCC2(C)C(=O)O)CCNC1. The minimum Gasteiger partial charge on any atom is -0.480 e. The monoisotopic (exact) mass is 268 g/mol. The molecule has 5 heteroatoms. The minimum atomic E-state index is -1.03. The summed E-state index contributed by atoms with van der Waals surface area (Å²) in [4.78, 5) is 26.1. The molecule has 2 atom stereocenters. The Bertz CT molecular complexity index is 377. The molecule has 2 saturated heterocycles. The van der Waals surface area contributed by atoms with Crippen molar-refractivity contribution in [2.45, 2.75) is 51.5 Å². The highest BCUT2D eigenvalue weighted by molar-refractivity contribution is 5.90. The highest BCUT2D eigenvalue weighted by Gasteiger charge is 2.50. The average Bonchev–Trinajstić information content (AvgIpc) is 2.88. The molecule has 2 aliphatic rings. The highest BCUT2D eigenvalue weighted by atomic mass is 16.4. The summed E-state index contributed by atoms with van der Waals surface area (Å²) in [6.45, 7) is 5.81. The third-order valence-corrected chi connectivity index (χ3v) is 4.97. The summed E-state index contributed by atoms with van der Waals surface area (Å²) < 4.78 is 0. The first kappa shape index (κ1) is 14.3. The molecule has 108 valence electrons. The molecule has 0 aliphatic carbocycles. The topological polar surface area (TPSA) is 69.6 Å². The summed E-state index contributed by atoms with van der Waals surface area (Å²) in [5.41, 5.74) is -1.42. The van der Waals surface area contributed by atoms with Crippen LogP contribution in [-0.2, 0) is 9.59 Å². The van der Waals surface area contributed by atoms with Crippen molar-refractivity contribution in [3.63, 3.8) is 0 Å². The zero-order valence-corrected chi connectivity index (χ0v) is 11.9. The Kier molecular flexibility index (Phi) is 3.85. The summed E-state index contributed by atoms with van der Waals surface area (Å²) in [6, 6.07) is 0. The second-order valence-electron chi connectivity index (χ2n) is 6.05. The lowest BCUT2D eigenvalue weighted by Crippen LogP contribution is -2.61. The van der Waals surface area contributed by atoms with Crippen molar-refractivity contribution in [2.24, 2.45) is 5.41 Å². The molecule has 2 N–H and O–H groups in total. The predicted molar refractivity (Wildman–Crippen MR) is 71.8 cm³/mol. The maximum absolute atomic E-state index is 12.9. The van der Waals surface area contributed by atoms with Gasteiger partial charge in [0.05, 0.1) is 5.41 Å². The zero-order valence-electron chi connectivity index (χ0n) is 11.9. The number of aliphatic carboxylic acids is 1. The Morgan fingerprint density at radius 1 is 1.32 bits per heavy atom. The van der Waals surface area contributed by atoms with Gasteiger partial charge in [0.15, 0.2) is 0 Å². The lowest BCUT2D eigenvalue weighted by molar-refractivity contribution is -0.165. The van der Waals surface area contributed by atoms with Gasteiger partial charge in [-0.05, 0) is 45.6 Å². The fourth-order valence-electron chi connectivity index (χ4n) is 3.33. The van der Waals surface area contributed by atoms with E-state index < -0.39 is 16.9 Å². The number of piperidine rings is 1. The molecule has 0 aromatic carbocycles. The summed E-state index contributed by atoms with van der Waals surface area (Å²) in [5.74, 6) is -0.845. The Labute approximate surface area is 114 Å². The molecular weight excluding hydrogens is 244 g/mol. The molecule has 0 radical (unpaired) electrons. The molecule has 2 aliphatic heterocycles. The lowest BCUT2D eigenvalue weighted by Gasteiger charge is -2.45. The van der Waals surface area contributed by atoms with Crippen LogP contribution in [-0.4, -0.2) is 47.1 Å². The van der Waals surface area contributed by atoms with Crippen molar-refractivity contribution in [1.82, 2.24) is 10.2 Å². The van der Waals surface area contributed by atoms with Crippen molar-refractivity contribution < 1.29 is 14.7 Å². The molecule has 0 saturated carbocycles. The molecule has 0 aromatic heterocycles. The summed E-state index contributed by atoms with van der Waals surface area (Å²) >= 11 is 0. The standard InChI is InChI=1S/C14H24N2O3/c1-3-14(7-8-15-10-14)11(17)16-9-5-4-6-13(16,2)12(18)19/h15H,3-10H2,1-2H3,(H,18,19). The summed E-state index contributed by atoms with van der Waals surface area (Å²) in [7, 11) is 0. The van der Waals surface area contributed by atoms with E-state index in [0.717, 1.165) is 32.2 Å². The van der Waals surface area contributed by atoms with Crippen LogP contribution in [0.3, 0.4) is 0 Å². The first-order chi connectivity index (χ1) is 8.96. The fourth-order valence-corrected chi connectivity index (χ4v) is 3.33. The molecule has 0 spiro atoms. The maximum atomic E-state index is 12.9. The third-order valence-electron chi connectivity index (χ3n) is 4.97. The first-order valence-corrected chi connectivity index (χ1v) is 7.22. The number of carboxylic acid groups (broad SMARTS) is 1. The summed E-state index contributed by atoms with van der Waals surface area (Å²) in [5, 5.41) is 12.8. The van der Waals surface area contributed by atoms with E-state index >= 15 is 0 Å². The van der Waals surface area contributed by atoms with Crippen LogP contribution in [0.4, 0.5) is 0 Å². The van der Waals surface area contributed by atoms with Gasteiger partial charge in [0.25, 0.3) is 0 Å². The second-order valence-corrected chi connectivity index (χ2v) is 6.05. The normalized spacial score (nSPS) is 35.4. The van der Waals surface area contributed by atoms with Gasteiger partial charge in [0.2, 0.25) is 5.91 Å². The molecule has 2 unspecified atom stereocenters. The van der Waals surface area contributed by atoms with E-state index in [1.807, 2.05) is 6.92 Å². The van der Waals surface area contributed by atoms with E-state index in [9.17, 15) is 14.7 Å². The van der Waals surface area contributed by atoms with Gasteiger partial charge in [0, 0.05) is 13.1 Å². The van der Waals surface area contributed by atoms with E-state index in [1.54, 1.807) is 11.8 Å². The number of carbonyl (C=O) groups is 2. The van der Waals surface area contributed by atoms with Gasteiger partial charge in [-0.15, -0.1) is 0 Å². The third kappa shape index (κ3) is 2.24. The Hall–Kier alpha value is -1.10. The summed E-state index contributed by atoms with van der Waals surface area (Å²) in [6.07, 6.45) is 3.92. The van der Waals surface area contributed by atoms with E-state index in [1.165, 1.54) is 0 Å². The number of amides is 1. The number of carbonyl (C=O) groups excluding carboxylic acids is 1. The van der Waals surface area contributed by atoms with Gasteiger partial charge in [-0.3, -0.25) is 4.79 Å². The van der Waals surface area contributed by atoms with Crippen molar-refractivity contribution in [3.05, 3.63) is 0 Å². The fraction of sp³-hybridized carbons (Fsp3) is 0.857. The van der Waals surface area contributed by atoms with Crippen LogP contribution in [0, 0.1) is 5.41 Å². The molecule has 2 heterocycles. The Morgan fingerprint density at radius 3 is 2.58 bits per heavy atom. The van der Waals surface area contributed by atoms with Crippen molar-refractivity contribution in [1.29, 1.82) is 0 Å². The number of nitrogens with zero attached hydrogens (tertiary/aromatic N) is 1. The van der Waals surface area contributed by atoms with E-state index in [2.05, 4.69) is 5.32 Å². The number of rotatable bonds is 3. The van der Waals surface area contributed by atoms with Crippen molar-refractivity contribution in [2.75, 3.05) is 19.6 Å². The predicted octanol–water partition coefficient (Wildman–Crippen LogP) is 1.23. The zero-order chi connectivity index (χ0) is 14.1. The van der Waals surface area contributed by atoms with Crippen LogP contribution >= 0.6 is 0 Å². The number of carboxylic acids is 1. The van der Waals surface area contributed by atoms with E-state index in [4.69, 9.17) is 0 Å². The molecule has 1 amide bonds. The average molecular weight is 268 g/mol. The van der Waals surface area contributed by atoms with Gasteiger partial charge in [-0.25, -0.2) is 4.79 Å². The number of hydrogen-bond acceptors (Lipinski definition) is 3. The van der Waals surface area contributed by atoms with Crippen molar-refractivity contribution >= 4 is 11.9 Å².